The van der Waals surface area contributed by atoms with Crippen molar-refractivity contribution in [2.24, 2.45) is 5.41 Å². The third kappa shape index (κ3) is 4.27. The standard InChI is InChI=1S/C44H34N4O2/c1-25-17-19-31-30-16-10-15-29(28-18-20-32-34(23-28)44(2,3)33-21-22-35-40(37(32)33)49-24-45-35)38(30)50-39(31)36(25)43-47-41(26-11-6-4-7-12-26)46-42(48-43)27-13-8-5-9-14-27/h4-17,19-20,23-24,28H,18,21-22H2,1-3H3. The van der Waals surface area contributed by atoms with E-state index in [1.807, 2.05) is 60.7 Å². The number of fused-ring (bicyclic) bond motifs is 7. The Labute approximate surface area is 290 Å². The van der Waals surface area contributed by atoms with Crippen LogP contribution >= 0.6 is 0 Å². The van der Waals surface area contributed by atoms with E-state index >= 15 is 0 Å². The fraction of sp³-hybridized carbons (Fsp3) is 0.182. The maximum absolute atomic E-state index is 7.00. The van der Waals surface area contributed by atoms with Crippen LogP contribution in [0.2, 0.25) is 0 Å². The third-order valence-corrected chi connectivity index (χ3v) is 10.9. The Hall–Kier alpha value is -5.88. The molecule has 3 aliphatic carbocycles. The Kier molecular flexibility index (Phi) is 6.29. The molecule has 0 bridgehead atoms. The minimum Gasteiger partial charge on any atom is -0.455 e. The number of aromatic nitrogens is 4. The highest BCUT2D eigenvalue weighted by Crippen LogP contribution is 2.59. The topological polar surface area (TPSA) is 77.8 Å². The summed E-state index contributed by atoms with van der Waals surface area (Å²) in [5.41, 5.74) is 13.1. The lowest BCUT2D eigenvalue weighted by atomic mass is 9.75. The van der Waals surface area contributed by atoms with E-state index in [-0.39, 0.29) is 11.3 Å². The molecule has 6 nitrogen and oxygen atoms in total. The van der Waals surface area contributed by atoms with Crippen molar-refractivity contribution in [1.29, 1.82) is 0 Å². The summed E-state index contributed by atoms with van der Waals surface area (Å²) in [6.45, 7) is 6.82. The number of oxazole rings is 1. The van der Waals surface area contributed by atoms with E-state index in [1.165, 1.54) is 27.9 Å². The van der Waals surface area contributed by atoms with Crippen molar-refractivity contribution in [3.8, 4) is 34.2 Å². The number of aryl methyl sites for hydroxylation is 2. The van der Waals surface area contributed by atoms with Gasteiger partial charge in [-0.05, 0) is 48.5 Å². The number of para-hydroxylation sites is 1. The van der Waals surface area contributed by atoms with Gasteiger partial charge < -0.3 is 8.83 Å². The number of hydrogen-bond donors (Lipinski definition) is 0. The first-order chi connectivity index (χ1) is 24.5. The summed E-state index contributed by atoms with van der Waals surface area (Å²) in [5, 5.41) is 2.16. The molecule has 0 saturated carbocycles. The van der Waals surface area contributed by atoms with Crippen LogP contribution < -0.4 is 0 Å². The van der Waals surface area contributed by atoms with Crippen LogP contribution in [0, 0.1) is 12.3 Å². The number of benzene rings is 4. The van der Waals surface area contributed by atoms with E-state index in [2.05, 4.69) is 68.2 Å². The highest BCUT2D eigenvalue weighted by Gasteiger charge is 2.45. The SMILES string of the molecule is Cc1ccc2c(oc3c(C4C=C5C(=CC4)C4=C(CCc6ncoc64)C5(C)C)cccc32)c1-c1nc(-c2ccccc2)nc(-c2ccccc2)n1. The zero-order valence-electron chi connectivity index (χ0n) is 28.2. The highest BCUT2D eigenvalue weighted by molar-refractivity contribution is 6.10. The molecular weight excluding hydrogens is 617 g/mol. The maximum Gasteiger partial charge on any atom is 0.181 e. The van der Waals surface area contributed by atoms with Gasteiger partial charge in [0.1, 0.15) is 11.2 Å². The molecule has 0 fully saturated rings. The van der Waals surface area contributed by atoms with Gasteiger partial charge in [-0.3, -0.25) is 0 Å². The maximum atomic E-state index is 7.00. The van der Waals surface area contributed by atoms with Crippen molar-refractivity contribution >= 4 is 27.5 Å². The van der Waals surface area contributed by atoms with Gasteiger partial charge in [0.05, 0.1) is 11.3 Å². The fourth-order valence-corrected chi connectivity index (χ4v) is 8.41. The number of rotatable bonds is 4. The van der Waals surface area contributed by atoms with Crippen LogP contribution in [0.15, 0.2) is 135 Å². The lowest BCUT2D eigenvalue weighted by molar-refractivity contribution is 0.518. The molecule has 7 aromatic rings. The molecule has 3 aliphatic rings. The van der Waals surface area contributed by atoms with Crippen LogP contribution in [0.4, 0.5) is 0 Å². The number of hydrogen-bond acceptors (Lipinski definition) is 6. The van der Waals surface area contributed by atoms with Gasteiger partial charge in [-0.1, -0.05) is 117 Å². The van der Waals surface area contributed by atoms with E-state index < -0.39 is 0 Å². The van der Waals surface area contributed by atoms with Crippen molar-refractivity contribution in [2.75, 3.05) is 0 Å². The second kappa shape index (κ2) is 10.8. The summed E-state index contributed by atoms with van der Waals surface area (Å²) in [4.78, 5) is 19.6. The van der Waals surface area contributed by atoms with E-state index in [0.29, 0.717) is 17.5 Å². The number of nitrogens with zero attached hydrogens (tertiary/aromatic N) is 4. The summed E-state index contributed by atoms with van der Waals surface area (Å²) in [7, 11) is 0. The fourth-order valence-electron chi connectivity index (χ4n) is 8.41. The Bertz CT molecular complexity index is 2550. The van der Waals surface area contributed by atoms with Crippen LogP contribution in [-0.4, -0.2) is 19.9 Å². The summed E-state index contributed by atoms with van der Waals surface area (Å²) in [6.07, 6.45) is 9.33. The van der Waals surface area contributed by atoms with Gasteiger partial charge in [0.25, 0.3) is 0 Å². The Balaban J connectivity index is 1.13. The van der Waals surface area contributed by atoms with Crippen molar-refractivity contribution < 1.29 is 8.83 Å². The molecule has 242 valence electrons. The van der Waals surface area contributed by atoms with E-state index in [9.17, 15) is 0 Å². The van der Waals surface area contributed by atoms with Crippen LogP contribution in [0.5, 0.6) is 0 Å². The van der Waals surface area contributed by atoms with Gasteiger partial charge in [-0.25, -0.2) is 19.9 Å². The van der Waals surface area contributed by atoms with Crippen molar-refractivity contribution in [3.63, 3.8) is 0 Å². The molecule has 0 radical (unpaired) electrons. The average molecular weight is 651 g/mol. The van der Waals surface area contributed by atoms with Gasteiger partial charge >= 0.3 is 0 Å². The minimum absolute atomic E-state index is 0.0814. The molecule has 4 aromatic carbocycles. The molecule has 1 unspecified atom stereocenters. The molecule has 0 N–H and O–H groups in total. The molecule has 10 rings (SSSR count). The smallest absolute Gasteiger partial charge is 0.181 e. The zero-order valence-corrected chi connectivity index (χ0v) is 28.2. The van der Waals surface area contributed by atoms with Crippen LogP contribution in [-0.2, 0) is 6.42 Å². The molecule has 0 spiro atoms. The summed E-state index contributed by atoms with van der Waals surface area (Å²) in [6, 6.07) is 31.1. The van der Waals surface area contributed by atoms with Gasteiger partial charge in [-0.15, -0.1) is 0 Å². The predicted molar refractivity (Wildman–Crippen MR) is 197 cm³/mol. The van der Waals surface area contributed by atoms with Crippen LogP contribution in [0.1, 0.15) is 55.2 Å². The van der Waals surface area contributed by atoms with E-state index in [4.69, 9.17) is 23.8 Å². The Morgan fingerprint density at radius 2 is 1.42 bits per heavy atom. The molecule has 50 heavy (non-hydrogen) atoms. The number of allylic oxidation sites excluding steroid dienone is 6. The van der Waals surface area contributed by atoms with Crippen molar-refractivity contribution in [3.05, 3.63) is 149 Å². The molecule has 6 heteroatoms. The molecule has 3 heterocycles. The highest BCUT2D eigenvalue weighted by atomic mass is 16.3. The first-order valence-electron chi connectivity index (χ1n) is 17.4. The van der Waals surface area contributed by atoms with E-state index in [1.54, 1.807) is 6.39 Å². The van der Waals surface area contributed by atoms with Crippen LogP contribution in [0.25, 0.3) is 61.7 Å². The first-order valence-corrected chi connectivity index (χ1v) is 17.4. The lowest BCUT2D eigenvalue weighted by Gasteiger charge is -2.29. The van der Waals surface area contributed by atoms with Gasteiger partial charge in [0.2, 0.25) is 0 Å². The minimum atomic E-state index is -0.0814. The normalized spacial score (nSPS) is 17.8. The summed E-state index contributed by atoms with van der Waals surface area (Å²) >= 11 is 0. The monoisotopic (exact) mass is 650 g/mol. The lowest BCUT2D eigenvalue weighted by Crippen LogP contribution is -2.17. The zero-order chi connectivity index (χ0) is 33.6. The van der Waals surface area contributed by atoms with Gasteiger partial charge in [-0.2, -0.15) is 0 Å². The predicted octanol–water partition coefficient (Wildman–Crippen LogP) is 10.8. The molecule has 0 saturated heterocycles. The molecule has 0 aliphatic heterocycles. The second-order valence-corrected chi connectivity index (χ2v) is 14.1. The summed E-state index contributed by atoms with van der Waals surface area (Å²) in [5.74, 6) is 2.99. The molecular formula is C44H34N4O2. The van der Waals surface area contributed by atoms with Gasteiger partial charge in [0.15, 0.2) is 29.6 Å². The first kappa shape index (κ1) is 29.1. The quantitative estimate of drug-likeness (QED) is 0.189. The second-order valence-electron chi connectivity index (χ2n) is 14.1. The largest absolute Gasteiger partial charge is 0.455 e. The van der Waals surface area contributed by atoms with Gasteiger partial charge in [0, 0.05) is 44.4 Å². The molecule has 3 aromatic heterocycles. The van der Waals surface area contributed by atoms with E-state index in [0.717, 1.165) is 74.9 Å². The molecule has 0 amide bonds. The van der Waals surface area contributed by atoms with Crippen molar-refractivity contribution in [1.82, 2.24) is 19.9 Å². The summed E-state index contributed by atoms with van der Waals surface area (Å²) < 4.78 is 13.0. The molecule has 1 atom stereocenters. The van der Waals surface area contributed by atoms with Crippen LogP contribution in [0.3, 0.4) is 0 Å². The number of furan rings is 1. The third-order valence-electron chi connectivity index (χ3n) is 10.9. The Morgan fingerprint density at radius 1 is 0.720 bits per heavy atom. The average Bonchev–Trinajstić information content (AvgIpc) is 3.85. The Morgan fingerprint density at radius 3 is 2.16 bits per heavy atom. The van der Waals surface area contributed by atoms with Crippen molar-refractivity contribution in [2.45, 2.75) is 46.0 Å².